The summed E-state index contributed by atoms with van der Waals surface area (Å²) in [4.78, 5) is 43.2. The van der Waals surface area contributed by atoms with Gasteiger partial charge in [0.2, 0.25) is 5.95 Å². The molecule has 1 heterocycles. The summed E-state index contributed by atoms with van der Waals surface area (Å²) in [6, 6.07) is 5.25. The number of nitrogens with zero attached hydrogens (tertiary/aromatic N) is 4. The van der Waals surface area contributed by atoms with Crippen molar-refractivity contribution < 1.29 is 19.2 Å². The summed E-state index contributed by atoms with van der Waals surface area (Å²) >= 11 is 5.88. The fourth-order valence-electron chi connectivity index (χ4n) is 1.85. The Labute approximate surface area is 152 Å². The summed E-state index contributed by atoms with van der Waals surface area (Å²) < 4.78 is 4.86. The molecule has 10 nitrogen and oxygen atoms in total. The topological polar surface area (TPSA) is 128 Å². The maximum atomic E-state index is 11.9. The van der Waals surface area contributed by atoms with Crippen LogP contribution in [0.25, 0.3) is 0 Å². The molecule has 26 heavy (non-hydrogen) atoms. The third kappa shape index (κ3) is 5.38. The van der Waals surface area contributed by atoms with Gasteiger partial charge in [-0.25, -0.2) is 9.97 Å². The number of hydrogen-bond acceptors (Lipinski definition) is 8. The molecule has 0 radical (unpaired) electrons. The molecule has 2 rings (SSSR count). The van der Waals surface area contributed by atoms with Gasteiger partial charge in [0.25, 0.3) is 11.6 Å². The molecule has 0 spiro atoms. The Morgan fingerprint density at radius 2 is 2.04 bits per heavy atom. The average Bonchev–Trinajstić information content (AvgIpc) is 2.62. The van der Waals surface area contributed by atoms with Crippen molar-refractivity contribution in [2.75, 3.05) is 30.4 Å². The van der Waals surface area contributed by atoms with E-state index in [0.29, 0.717) is 5.95 Å². The third-order valence-electron chi connectivity index (χ3n) is 3.06. The lowest BCUT2D eigenvalue weighted by Crippen LogP contribution is -2.30. The van der Waals surface area contributed by atoms with Crippen LogP contribution >= 0.6 is 11.6 Å². The molecule has 0 fully saturated rings. The van der Waals surface area contributed by atoms with E-state index in [1.54, 1.807) is 13.1 Å². The smallest absolute Gasteiger partial charge is 0.326 e. The van der Waals surface area contributed by atoms with Crippen LogP contribution in [-0.4, -0.2) is 47.0 Å². The number of nitrogens with one attached hydrogen (secondary N) is 1. The number of nitro benzene ring substituents is 1. The van der Waals surface area contributed by atoms with Gasteiger partial charge in [-0.15, -0.1) is 0 Å². The first-order valence-electron chi connectivity index (χ1n) is 7.24. The Hall–Kier alpha value is -3.27. The molecule has 1 amide bonds. The molecule has 0 unspecified atom stereocenters. The number of nitro groups is 1. The molecule has 1 aromatic carbocycles. The number of halogens is 1. The summed E-state index contributed by atoms with van der Waals surface area (Å²) in [5, 5.41) is 13.2. The van der Waals surface area contributed by atoms with Gasteiger partial charge in [0.05, 0.1) is 15.6 Å². The summed E-state index contributed by atoms with van der Waals surface area (Å²) in [6.07, 6.45) is 3.06. The van der Waals surface area contributed by atoms with Gasteiger partial charge in [-0.2, -0.15) is 0 Å². The first-order valence-corrected chi connectivity index (χ1v) is 7.62. The van der Waals surface area contributed by atoms with Crippen LogP contribution in [0.4, 0.5) is 17.3 Å². The van der Waals surface area contributed by atoms with Crippen LogP contribution in [0.2, 0.25) is 5.02 Å². The lowest BCUT2D eigenvalue weighted by atomic mass is 10.3. The van der Waals surface area contributed by atoms with Crippen molar-refractivity contribution in [2.45, 2.75) is 0 Å². The van der Waals surface area contributed by atoms with Crippen LogP contribution in [0.3, 0.4) is 0 Å². The van der Waals surface area contributed by atoms with Gasteiger partial charge in [-0.3, -0.25) is 19.7 Å². The molecule has 0 atom stereocenters. The first-order chi connectivity index (χ1) is 12.4. The van der Waals surface area contributed by atoms with Crippen molar-refractivity contribution >= 4 is 40.8 Å². The molecule has 0 aliphatic heterocycles. The molecule has 0 aliphatic rings. The molecule has 136 valence electrons. The minimum absolute atomic E-state index is 0.0525. The largest absolute Gasteiger partial charge is 0.454 e. The normalized spacial score (nSPS) is 10.1. The first kappa shape index (κ1) is 19.1. The van der Waals surface area contributed by atoms with Crippen molar-refractivity contribution in [3.05, 3.63) is 51.8 Å². The Kier molecular flexibility index (Phi) is 6.39. The van der Waals surface area contributed by atoms with E-state index in [2.05, 4.69) is 15.3 Å². The summed E-state index contributed by atoms with van der Waals surface area (Å²) in [6.45, 7) is -0.726. The lowest BCUT2D eigenvalue weighted by Gasteiger charge is -2.15. The molecule has 2 aromatic rings. The minimum Gasteiger partial charge on any atom is -0.454 e. The van der Waals surface area contributed by atoms with Gasteiger partial charge < -0.3 is 15.0 Å². The van der Waals surface area contributed by atoms with E-state index in [0.717, 1.165) is 6.07 Å². The number of non-ortho nitro benzene ring substituents is 1. The van der Waals surface area contributed by atoms with E-state index in [1.807, 2.05) is 0 Å². The highest BCUT2D eigenvalue weighted by atomic mass is 35.5. The molecule has 0 saturated heterocycles. The molecule has 11 heteroatoms. The van der Waals surface area contributed by atoms with Crippen molar-refractivity contribution in [3.8, 4) is 0 Å². The third-order valence-corrected chi connectivity index (χ3v) is 3.39. The molecule has 0 bridgehead atoms. The number of hydrogen-bond donors (Lipinski definition) is 1. The predicted octanol–water partition coefficient (Wildman–Crippen LogP) is 1.66. The number of carbonyl (C=O) groups is 2. The Morgan fingerprint density at radius 3 is 2.69 bits per heavy atom. The van der Waals surface area contributed by atoms with Gasteiger partial charge in [-0.05, 0) is 12.1 Å². The maximum Gasteiger partial charge on any atom is 0.326 e. The highest BCUT2D eigenvalue weighted by Crippen LogP contribution is 2.26. The van der Waals surface area contributed by atoms with Crippen LogP contribution < -0.4 is 10.2 Å². The SMILES string of the molecule is CN(CC(=O)OCC(=O)Nc1cc([N+](=O)[O-])ccc1Cl)c1ncccn1. The zero-order valence-electron chi connectivity index (χ0n) is 13.6. The quantitative estimate of drug-likeness (QED) is 0.437. The average molecular weight is 380 g/mol. The standard InChI is InChI=1S/C15H14ClN5O5/c1-20(15-17-5-2-6-18-15)8-14(23)26-9-13(22)19-12-7-10(21(24)25)3-4-11(12)16/h2-7H,8-9H2,1H3,(H,19,22). The number of benzene rings is 1. The maximum absolute atomic E-state index is 11.9. The molecular formula is C15H14ClN5O5. The summed E-state index contributed by atoms with van der Waals surface area (Å²) in [5.41, 5.74) is -0.178. The molecule has 0 saturated carbocycles. The molecule has 1 aromatic heterocycles. The Balaban J connectivity index is 1.86. The van der Waals surface area contributed by atoms with E-state index < -0.39 is 23.4 Å². The number of amides is 1. The van der Waals surface area contributed by atoms with Crippen molar-refractivity contribution in [3.63, 3.8) is 0 Å². The van der Waals surface area contributed by atoms with E-state index in [9.17, 15) is 19.7 Å². The Bertz CT molecular complexity index is 817. The van der Waals surface area contributed by atoms with Gasteiger partial charge >= 0.3 is 5.97 Å². The van der Waals surface area contributed by atoms with Crippen LogP contribution in [0.15, 0.2) is 36.7 Å². The van der Waals surface area contributed by atoms with Gasteiger partial charge in [-0.1, -0.05) is 11.6 Å². The lowest BCUT2D eigenvalue weighted by molar-refractivity contribution is -0.384. The van der Waals surface area contributed by atoms with E-state index >= 15 is 0 Å². The Morgan fingerprint density at radius 1 is 1.35 bits per heavy atom. The van der Waals surface area contributed by atoms with Crippen molar-refractivity contribution in [1.82, 2.24) is 9.97 Å². The van der Waals surface area contributed by atoms with Gasteiger partial charge in [0.15, 0.2) is 6.61 Å². The monoisotopic (exact) mass is 379 g/mol. The van der Waals surface area contributed by atoms with Crippen LogP contribution in [0, 0.1) is 10.1 Å². The highest BCUT2D eigenvalue weighted by Gasteiger charge is 2.15. The minimum atomic E-state index is -0.681. The van der Waals surface area contributed by atoms with Crippen molar-refractivity contribution in [1.29, 1.82) is 0 Å². The zero-order chi connectivity index (χ0) is 19.1. The predicted molar refractivity (Wildman–Crippen MR) is 93.0 cm³/mol. The number of aromatic nitrogens is 2. The van der Waals surface area contributed by atoms with E-state index in [1.165, 1.54) is 29.4 Å². The van der Waals surface area contributed by atoms with Gasteiger partial charge in [0, 0.05) is 31.6 Å². The number of ether oxygens (including phenoxy) is 1. The van der Waals surface area contributed by atoms with E-state index in [-0.39, 0.29) is 22.9 Å². The van der Waals surface area contributed by atoms with Crippen molar-refractivity contribution in [2.24, 2.45) is 0 Å². The number of carbonyl (C=O) groups excluding carboxylic acids is 2. The second-order valence-electron chi connectivity index (χ2n) is 5.03. The van der Waals surface area contributed by atoms with E-state index in [4.69, 9.17) is 16.3 Å². The van der Waals surface area contributed by atoms with Crippen LogP contribution in [0.5, 0.6) is 0 Å². The van der Waals surface area contributed by atoms with Crippen LogP contribution in [-0.2, 0) is 14.3 Å². The fraction of sp³-hybridized carbons (Fsp3) is 0.200. The number of rotatable bonds is 7. The number of anilines is 2. The highest BCUT2D eigenvalue weighted by molar-refractivity contribution is 6.33. The fourth-order valence-corrected chi connectivity index (χ4v) is 2.02. The summed E-state index contributed by atoms with van der Waals surface area (Å²) in [7, 11) is 1.60. The second-order valence-corrected chi connectivity index (χ2v) is 5.44. The number of esters is 1. The van der Waals surface area contributed by atoms with Crippen LogP contribution in [0.1, 0.15) is 0 Å². The zero-order valence-corrected chi connectivity index (χ0v) is 14.3. The number of likely N-dealkylation sites (N-methyl/N-ethyl adjacent to an activating group) is 1. The second kappa shape index (κ2) is 8.72. The molecule has 0 aliphatic carbocycles. The summed E-state index contributed by atoms with van der Waals surface area (Å²) in [5.74, 6) is -1.02. The molecular weight excluding hydrogens is 366 g/mol. The molecule has 1 N–H and O–H groups in total. The van der Waals surface area contributed by atoms with Gasteiger partial charge in [0.1, 0.15) is 6.54 Å².